The molecule has 1 aliphatic heterocycles. The van der Waals surface area contributed by atoms with E-state index in [1.165, 1.54) is 18.4 Å². The van der Waals surface area contributed by atoms with Gasteiger partial charge >= 0.3 is 0 Å². The van der Waals surface area contributed by atoms with Crippen molar-refractivity contribution >= 4 is 5.91 Å². The normalized spacial score (nSPS) is 28.1. The van der Waals surface area contributed by atoms with Gasteiger partial charge in [0.15, 0.2) is 0 Å². The Kier molecular flexibility index (Phi) is 4.25. The molecule has 1 amide bonds. The maximum absolute atomic E-state index is 11.5. The molecule has 1 aliphatic rings. The second-order valence-corrected chi connectivity index (χ2v) is 5.73. The highest BCUT2D eigenvalue weighted by Gasteiger charge is 2.28. The highest BCUT2D eigenvalue weighted by atomic mass is 16.1. The predicted molar refractivity (Wildman–Crippen MR) is 78.5 cm³/mol. The quantitative estimate of drug-likeness (QED) is 0.886. The first-order valence-electron chi connectivity index (χ1n) is 7.07. The standard InChI is InChI=1S/C16H24N2O/c1-11-9-15(10-12(2)18(11)4)13-5-7-14(8-6-13)16(19)17-3/h5-8,11-12,15H,9-10H2,1-4H3,(H,17,19). The smallest absolute Gasteiger partial charge is 0.251 e. The molecule has 1 aromatic carbocycles. The van der Waals surface area contributed by atoms with Crippen molar-refractivity contribution in [2.24, 2.45) is 0 Å². The van der Waals surface area contributed by atoms with Gasteiger partial charge in [-0.3, -0.25) is 4.79 Å². The molecule has 2 atom stereocenters. The summed E-state index contributed by atoms with van der Waals surface area (Å²) in [6, 6.07) is 9.32. The Bertz CT molecular complexity index is 429. The molecule has 0 bridgehead atoms. The number of benzene rings is 1. The third-order valence-electron chi connectivity index (χ3n) is 4.51. The molecule has 0 spiro atoms. The van der Waals surface area contributed by atoms with Crippen molar-refractivity contribution in [3.63, 3.8) is 0 Å². The van der Waals surface area contributed by atoms with E-state index in [1.807, 2.05) is 12.1 Å². The van der Waals surface area contributed by atoms with Crippen LogP contribution in [0.25, 0.3) is 0 Å². The number of carbonyl (C=O) groups excluding carboxylic acids is 1. The molecule has 19 heavy (non-hydrogen) atoms. The first-order valence-corrected chi connectivity index (χ1v) is 7.07. The maximum atomic E-state index is 11.5. The molecule has 2 unspecified atom stereocenters. The average Bonchev–Trinajstić information content (AvgIpc) is 2.43. The Morgan fingerprint density at radius 2 is 1.68 bits per heavy atom. The van der Waals surface area contributed by atoms with E-state index in [0.29, 0.717) is 18.0 Å². The zero-order valence-corrected chi connectivity index (χ0v) is 12.3. The Morgan fingerprint density at radius 3 is 2.16 bits per heavy atom. The van der Waals surface area contributed by atoms with Gasteiger partial charge in [0.1, 0.15) is 0 Å². The Hall–Kier alpha value is -1.35. The monoisotopic (exact) mass is 260 g/mol. The first kappa shape index (κ1) is 14.1. The summed E-state index contributed by atoms with van der Waals surface area (Å²) in [6.07, 6.45) is 2.39. The minimum atomic E-state index is -0.0170. The third kappa shape index (κ3) is 2.98. The summed E-state index contributed by atoms with van der Waals surface area (Å²) in [6.45, 7) is 4.59. The van der Waals surface area contributed by atoms with Crippen LogP contribution in [0.2, 0.25) is 0 Å². The summed E-state index contributed by atoms with van der Waals surface area (Å²) < 4.78 is 0. The van der Waals surface area contributed by atoms with Gasteiger partial charge in [0.05, 0.1) is 0 Å². The summed E-state index contributed by atoms with van der Waals surface area (Å²) in [4.78, 5) is 14.0. The van der Waals surface area contributed by atoms with Crippen molar-refractivity contribution in [1.82, 2.24) is 10.2 Å². The molecule has 3 nitrogen and oxygen atoms in total. The van der Waals surface area contributed by atoms with E-state index in [4.69, 9.17) is 0 Å². The fourth-order valence-electron chi connectivity index (χ4n) is 3.01. The summed E-state index contributed by atoms with van der Waals surface area (Å²) in [5.74, 6) is 0.594. The van der Waals surface area contributed by atoms with Gasteiger partial charge in [0.25, 0.3) is 5.91 Å². The van der Waals surface area contributed by atoms with Gasteiger partial charge in [-0.15, -0.1) is 0 Å². The van der Waals surface area contributed by atoms with Gasteiger partial charge in [-0.2, -0.15) is 0 Å². The topological polar surface area (TPSA) is 32.3 Å². The van der Waals surface area contributed by atoms with E-state index in [9.17, 15) is 4.79 Å². The minimum absolute atomic E-state index is 0.0170. The second-order valence-electron chi connectivity index (χ2n) is 5.73. The summed E-state index contributed by atoms with van der Waals surface area (Å²) >= 11 is 0. The number of nitrogens with one attached hydrogen (secondary N) is 1. The van der Waals surface area contributed by atoms with Gasteiger partial charge in [-0.1, -0.05) is 12.1 Å². The predicted octanol–water partition coefficient (Wildman–Crippen LogP) is 2.63. The highest BCUT2D eigenvalue weighted by molar-refractivity contribution is 5.93. The fraction of sp³-hybridized carbons (Fsp3) is 0.562. The lowest BCUT2D eigenvalue weighted by molar-refractivity contribution is 0.0963. The summed E-state index contributed by atoms with van der Waals surface area (Å²) in [5.41, 5.74) is 2.10. The van der Waals surface area contributed by atoms with E-state index < -0.39 is 0 Å². The molecule has 0 aromatic heterocycles. The number of nitrogens with zero attached hydrogens (tertiary/aromatic N) is 1. The molecular formula is C16H24N2O. The minimum Gasteiger partial charge on any atom is -0.355 e. The second kappa shape index (κ2) is 5.74. The summed E-state index contributed by atoms with van der Waals surface area (Å²) in [7, 11) is 3.87. The van der Waals surface area contributed by atoms with Gasteiger partial charge < -0.3 is 10.2 Å². The van der Waals surface area contributed by atoms with Crippen LogP contribution in [0.15, 0.2) is 24.3 Å². The number of hydrogen-bond donors (Lipinski definition) is 1. The van der Waals surface area contributed by atoms with Gasteiger partial charge in [0, 0.05) is 24.7 Å². The molecule has 0 aliphatic carbocycles. The SMILES string of the molecule is CNC(=O)c1ccc(C2CC(C)N(C)C(C)C2)cc1. The Morgan fingerprint density at radius 1 is 1.16 bits per heavy atom. The fourth-order valence-corrected chi connectivity index (χ4v) is 3.01. The molecule has 3 heteroatoms. The largest absolute Gasteiger partial charge is 0.355 e. The Labute approximate surface area is 116 Å². The highest BCUT2D eigenvalue weighted by Crippen LogP contribution is 2.34. The molecule has 2 rings (SSSR count). The van der Waals surface area contributed by atoms with Gasteiger partial charge in [0.2, 0.25) is 0 Å². The summed E-state index contributed by atoms with van der Waals surface area (Å²) in [5, 5.41) is 2.65. The van der Waals surface area contributed by atoms with E-state index in [-0.39, 0.29) is 5.91 Å². The lowest BCUT2D eigenvalue weighted by atomic mass is 9.82. The Balaban J connectivity index is 2.12. The van der Waals surface area contributed by atoms with Crippen molar-refractivity contribution in [2.75, 3.05) is 14.1 Å². The van der Waals surface area contributed by atoms with Crippen LogP contribution >= 0.6 is 0 Å². The van der Waals surface area contributed by atoms with Crippen LogP contribution in [0.3, 0.4) is 0 Å². The van der Waals surface area contributed by atoms with E-state index >= 15 is 0 Å². The average molecular weight is 260 g/mol. The number of likely N-dealkylation sites (tertiary alicyclic amines) is 1. The molecule has 1 N–H and O–H groups in total. The maximum Gasteiger partial charge on any atom is 0.251 e. The van der Waals surface area contributed by atoms with E-state index in [1.54, 1.807) is 7.05 Å². The van der Waals surface area contributed by atoms with Crippen LogP contribution in [0.5, 0.6) is 0 Å². The number of rotatable bonds is 2. The molecule has 0 saturated carbocycles. The van der Waals surface area contributed by atoms with Crippen molar-refractivity contribution in [3.05, 3.63) is 35.4 Å². The van der Waals surface area contributed by atoms with Gasteiger partial charge in [-0.25, -0.2) is 0 Å². The number of amides is 1. The van der Waals surface area contributed by atoms with Crippen molar-refractivity contribution in [3.8, 4) is 0 Å². The van der Waals surface area contributed by atoms with Crippen LogP contribution in [0.1, 0.15) is 48.5 Å². The lowest BCUT2D eigenvalue weighted by Gasteiger charge is -2.40. The zero-order valence-electron chi connectivity index (χ0n) is 12.3. The van der Waals surface area contributed by atoms with Crippen LogP contribution < -0.4 is 5.32 Å². The van der Waals surface area contributed by atoms with Crippen molar-refractivity contribution in [1.29, 1.82) is 0 Å². The third-order valence-corrected chi connectivity index (χ3v) is 4.51. The lowest BCUT2D eigenvalue weighted by Crippen LogP contribution is -2.43. The van der Waals surface area contributed by atoms with Crippen molar-refractivity contribution < 1.29 is 4.79 Å². The van der Waals surface area contributed by atoms with Gasteiger partial charge in [-0.05, 0) is 57.4 Å². The first-order chi connectivity index (χ1) is 9.02. The number of carbonyl (C=O) groups is 1. The van der Waals surface area contributed by atoms with E-state index in [0.717, 1.165) is 5.56 Å². The number of piperidine rings is 1. The molecule has 0 radical (unpaired) electrons. The van der Waals surface area contributed by atoms with Crippen LogP contribution in [0.4, 0.5) is 0 Å². The zero-order chi connectivity index (χ0) is 14.0. The molecule has 1 saturated heterocycles. The van der Waals surface area contributed by atoms with Crippen LogP contribution in [-0.4, -0.2) is 37.0 Å². The molecule has 1 aromatic rings. The molecule has 104 valence electrons. The van der Waals surface area contributed by atoms with Crippen LogP contribution in [0, 0.1) is 0 Å². The van der Waals surface area contributed by atoms with Crippen molar-refractivity contribution in [2.45, 2.75) is 44.7 Å². The molecule has 1 heterocycles. The van der Waals surface area contributed by atoms with E-state index in [2.05, 4.69) is 43.2 Å². The molecule has 1 fully saturated rings. The van der Waals surface area contributed by atoms with Crippen LogP contribution in [-0.2, 0) is 0 Å². The molecular weight excluding hydrogens is 236 g/mol. The number of hydrogen-bond acceptors (Lipinski definition) is 2.